The molecule has 1 aromatic rings. The van der Waals surface area contributed by atoms with Crippen LogP contribution >= 0.6 is 11.8 Å². The number of hydrogen-bond acceptors (Lipinski definition) is 2. The van der Waals surface area contributed by atoms with Crippen LogP contribution in [0.15, 0.2) is 23.1 Å². The van der Waals surface area contributed by atoms with Crippen LogP contribution in [-0.4, -0.2) is 12.4 Å². The molecule has 1 aliphatic rings. The molecule has 0 unspecified atom stereocenters. The van der Waals surface area contributed by atoms with Crippen LogP contribution in [0.1, 0.15) is 39.2 Å². The Morgan fingerprint density at radius 3 is 2.44 bits per heavy atom. The molecule has 2 heteroatoms. The van der Waals surface area contributed by atoms with Crippen molar-refractivity contribution in [2.75, 3.05) is 6.26 Å². The van der Waals surface area contributed by atoms with Crippen molar-refractivity contribution in [3.05, 3.63) is 23.8 Å². The van der Waals surface area contributed by atoms with E-state index in [2.05, 4.69) is 45.2 Å². The van der Waals surface area contributed by atoms with Gasteiger partial charge in [-0.3, -0.25) is 0 Å². The minimum absolute atomic E-state index is 0.143. The van der Waals surface area contributed by atoms with Crippen molar-refractivity contribution in [1.29, 1.82) is 0 Å². The zero-order valence-electron chi connectivity index (χ0n) is 10.5. The van der Waals surface area contributed by atoms with Crippen LogP contribution in [-0.2, 0) is 5.41 Å². The standard InChI is InChI=1S/C14H20OS/c1-14(2,3)13-11(15-10-8-9-10)6-5-7-12(13)16-4/h5-7,10H,8-9H2,1-4H3. The Labute approximate surface area is 103 Å². The molecular weight excluding hydrogens is 216 g/mol. The molecule has 2 rings (SSSR count). The zero-order chi connectivity index (χ0) is 11.8. The first-order valence-corrected chi connectivity index (χ1v) is 7.09. The molecule has 0 spiro atoms. The van der Waals surface area contributed by atoms with Crippen molar-refractivity contribution in [3.8, 4) is 5.75 Å². The van der Waals surface area contributed by atoms with E-state index in [1.807, 2.05) is 0 Å². The van der Waals surface area contributed by atoms with Crippen molar-refractivity contribution in [2.45, 2.75) is 50.0 Å². The molecule has 0 bridgehead atoms. The fraction of sp³-hybridized carbons (Fsp3) is 0.571. The van der Waals surface area contributed by atoms with Crippen molar-refractivity contribution in [3.63, 3.8) is 0 Å². The first kappa shape index (κ1) is 11.8. The summed E-state index contributed by atoms with van der Waals surface area (Å²) in [6, 6.07) is 6.39. The Morgan fingerprint density at radius 1 is 1.25 bits per heavy atom. The maximum Gasteiger partial charge on any atom is 0.124 e. The summed E-state index contributed by atoms with van der Waals surface area (Å²) in [7, 11) is 0. The molecular formula is C14H20OS. The third kappa shape index (κ3) is 2.54. The summed E-state index contributed by atoms with van der Waals surface area (Å²) in [5.41, 5.74) is 1.50. The maximum absolute atomic E-state index is 6.01. The molecule has 0 heterocycles. The van der Waals surface area contributed by atoms with Crippen molar-refractivity contribution in [1.82, 2.24) is 0 Å². The van der Waals surface area contributed by atoms with Crippen molar-refractivity contribution < 1.29 is 4.74 Å². The van der Waals surface area contributed by atoms with Crippen LogP contribution < -0.4 is 4.74 Å². The largest absolute Gasteiger partial charge is 0.490 e. The lowest BCUT2D eigenvalue weighted by atomic mass is 9.86. The molecule has 0 atom stereocenters. The highest BCUT2D eigenvalue weighted by molar-refractivity contribution is 7.98. The van der Waals surface area contributed by atoms with Gasteiger partial charge in [-0.05, 0) is 36.6 Å². The van der Waals surface area contributed by atoms with Gasteiger partial charge in [0.1, 0.15) is 5.75 Å². The summed E-state index contributed by atoms with van der Waals surface area (Å²) in [6.45, 7) is 6.76. The fourth-order valence-electron chi connectivity index (χ4n) is 1.88. The second-order valence-corrected chi connectivity index (χ2v) is 6.25. The van der Waals surface area contributed by atoms with E-state index in [1.54, 1.807) is 11.8 Å². The van der Waals surface area contributed by atoms with E-state index in [0.29, 0.717) is 6.10 Å². The van der Waals surface area contributed by atoms with Gasteiger partial charge in [-0.25, -0.2) is 0 Å². The summed E-state index contributed by atoms with van der Waals surface area (Å²) >= 11 is 1.80. The molecule has 16 heavy (non-hydrogen) atoms. The Morgan fingerprint density at radius 2 is 1.94 bits per heavy atom. The lowest BCUT2D eigenvalue weighted by Gasteiger charge is -2.25. The third-order valence-electron chi connectivity index (χ3n) is 2.78. The van der Waals surface area contributed by atoms with E-state index in [-0.39, 0.29) is 5.41 Å². The first-order valence-electron chi connectivity index (χ1n) is 5.86. The number of ether oxygens (including phenoxy) is 1. The van der Waals surface area contributed by atoms with Crippen molar-refractivity contribution >= 4 is 11.8 Å². The average molecular weight is 236 g/mol. The lowest BCUT2D eigenvalue weighted by molar-refractivity contribution is 0.293. The van der Waals surface area contributed by atoms with Gasteiger partial charge >= 0.3 is 0 Å². The number of hydrogen-bond donors (Lipinski definition) is 0. The number of rotatable bonds is 3. The van der Waals surface area contributed by atoms with E-state index in [4.69, 9.17) is 4.74 Å². The van der Waals surface area contributed by atoms with Gasteiger partial charge in [-0.2, -0.15) is 0 Å². The summed E-state index contributed by atoms with van der Waals surface area (Å²) in [4.78, 5) is 1.34. The summed E-state index contributed by atoms with van der Waals surface area (Å²) in [6.07, 6.45) is 5.03. The summed E-state index contributed by atoms with van der Waals surface area (Å²) in [5, 5.41) is 0. The molecule has 0 N–H and O–H groups in total. The molecule has 1 aliphatic carbocycles. The van der Waals surface area contributed by atoms with Gasteiger partial charge in [-0.15, -0.1) is 11.8 Å². The lowest BCUT2D eigenvalue weighted by Crippen LogP contribution is -2.15. The topological polar surface area (TPSA) is 9.23 Å². The first-order chi connectivity index (χ1) is 7.52. The van der Waals surface area contributed by atoms with Crippen LogP contribution in [0.3, 0.4) is 0 Å². The van der Waals surface area contributed by atoms with Crippen LogP contribution in [0.4, 0.5) is 0 Å². The molecule has 1 aromatic carbocycles. The Bertz CT molecular complexity index is 375. The predicted octanol–water partition coefficient (Wildman–Crippen LogP) is 4.25. The normalized spacial score (nSPS) is 16.2. The van der Waals surface area contributed by atoms with E-state index in [9.17, 15) is 0 Å². The SMILES string of the molecule is CSc1cccc(OC2CC2)c1C(C)(C)C. The Hall–Kier alpha value is -0.630. The average Bonchev–Trinajstić information content (AvgIpc) is 2.99. The minimum atomic E-state index is 0.143. The van der Waals surface area contributed by atoms with Gasteiger partial charge < -0.3 is 4.74 Å². The van der Waals surface area contributed by atoms with Gasteiger partial charge in [0.15, 0.2) is 0 Å². The van der Waals surface area contributed by atoms with Gasteiger partial charge in [0, 0.05) is 10.5 Å². The highest BCUT2D eigenvalue weighted by Crippen LogP contribution is 2.40. The smallest absolute Gasteiger partial charge is 0.124 e. The molecule has 1 nitrogen and oxygen atoms in total. The van der Waals surface area contributed by atoms with E-state index >= 15 is 0 Å². The highest BCUT2D eigenvalue weighted by Gasteiger charge is 2.28. The van der Waals surface area contributed by atoms with Gasteiger partial charge in [0.2, 0.25) is 0 Å². The molecule has 0 aliphatic heterocycles. The van der Waals surface area contributed by atoms with Crippen LogP contribution in [0.5, 0.6) is 5.75 Å². The van der Waals surface area contributed by atoms with Crippen LogP contribution in [0, 0.1) is 0 Å². The molecule has 0 saturated heterocycles. The Kier molecular flexibility index (Phi) is 3.20. The van der Waals surface area contributed by atoms with E-state index < -0.39 is 0 Å². The van der Waals surface area contributed by atoms with E-state index in [1.165, 1.54) is 23.3 Å². The van der Waals surface area contributed by atoms with Crippen molar-refractivity contribution in [2.24, 2.45) is 0 Å². The van der Waals surface area contributed by atoms with E-state index in [0.717, 1.165) is 5.75 Å². The molecule has 0 aromatic heterocycles. The number of thioether (sulfide) groups is 1. The minimum Gasteiger partial charge on any atom is -0.490 e. The van der Waals surface area contributed by atoms with Crippen LogP contribution in [0.2, 0.25) is 0 Å². The monoisotopic (exact) mass is 236 g/mol. The maximum atomic E-state index is 6.01. The third-order valence-corrected chi connectivity index (χ3v) is 3.56. The molecule has 0 radical (unpaired) electrons. The van der Waals surface area contributed by atoms with Crippen LogP contribution in [0.25, 0.3) is 0 Å². The van der Waals surface area contributed by atoms with Gasteiger partial charge in [-0.1, -0.05) is 26.8 Å². The van der Waals surface area contributed by atoms with Gasteiger partial charge in [0.05, 0.1) is 6.10 Å². The van der Waals surface area contributed by atoms with Gasteiger partial charge in [0.25, 0.3) is 0 Å². The predicted molar refractivity (Wildman–Crippen MR) is 70.6 cm³/mol. The summed E-state index contributed by atoms with van der Waals surface area (Å²) < 4.78 is 6.01. The second kappa shape index (κ2) is 4.33. The molecule has 1 fully saturated rings. The highest BCUT2D eigenvalue weighted by atomic mass is 32.2. The Balaban J connectivity index is 2.41. The second-order valence-electron chi connectivity index (χ2n) is 5.40. The molecule has 0 amide bonds. The number of benzene rings is 1. The quantitative estimate of drug-likeness (QED) is 0.726. The molecule has 1 saturated carbocycles. The molecule has 88 valence electrons. The zero-order valence-corrected chi connectivity index (χ0v) is 11.4. The fourth-order valence-corrected chi connectivity index (χ4v) is 2.71. The summed E-state index contributed by atoms with van der Waals surface area (Å²) in [5.74, 6) is 1.09.